The van der Waals surface area contributed by atoms with Crippen LogP contribution in [0, 0.1) is 0 Å². The number of ether oxygens (including phenoxy) is 2. The van der Waals surface area contributed by atoms with Gasteiger partial charge in [0.25, 0.3) is 0 Å². The Bertz CT molecular complexity index is 784. The maximum atomic E-state index is 5.42. The van der Waals surface area contributed by atoms with Gasteiger partial charge in [-0.05, 0) is 18.2 Å². The minimum absolute atomic E-state index is 0.712. The summed E-state index contributed by atoms with van der Waals surface area (Å²) in [5.74, 6) is 1.61. The summed E-state index contributed by atoms with van der Waals surface area (Å²) >= 11 is 0. The Morgan fingerprint density at radius 1 is 1.00 bits per heavy atom. The van der Waals surface area contributed by atoms with Crippen LogP contribution >= 0.6 is 0 Å². The van der Waals surface area contributed by atoms with Gasteiger partial charge < -0.3 is 14.8 Å². The first kappa shape index (κ1) is 16.1. The van der Waals surface area contributed by atoms with E-state index in [-0.39, 0.29) is 0 Å². The quantitative estimate of drug-likeness (QED) is 0.725. The molecule has 1 aromatic heterocycles. The maximum absolute atomic E-state index is 5.42. The monoisotopic (exact) mass is 323 g/mol. The van der Waals surface area contributed by atoms with Gasteiger partial charge >= 0.3 is 0 Å². The van der Waals surface area contributed by atoms with Crippen LogP contribution in [0.1, 0.15) is 11.1 Å². The second-order valence-electron chi connectivity index (χ2n) is 5.41. The number of aromatic nitrogens is 2. The Balaban J connectivity index is 1.60. The van der Waals surface area contributed by atoms with E-state index in [0.29, 0.717) is 6.54 Å². The van der Waals surface area contributed by atoms with Crippen LogP contribution in [-0.2, 0) is 13.1 Å². The van der Waals surface area contributed by atoms with E-state index in [4.69, 9.17) is 9.47 Å². The Hall–Kier alpha value is -2.79. The van der Waals surface area contributed by atoms with Crippen molar-refractivity contribution in [2.45, 2.75) is 13.1 Å². The van der Waals surface area contributed by atoms with Crippen molar-refractivity contribution in [1.29, 1.82) is 0 Å². The Labute approximate surface area is 141 Å². The van der Waals surface area contributed by atoms with Gasteiger partial charge in [0, 0.05) is 36.5 Å². The molecule has 2 aromatic carbocycles. The predicted octanol–water partition coefficient (Wildman–Crippen LogP) is 3.18. The van der Waals surface area contributed by atoms with Crippen LogP contribution in [0.25, 0.3) is 5.69 Å². The molecule has 0 spiro atoms. The zero-order chi connectivity index (χ0) is 16.8. The largest absolute Gasteiger partial charge is 0.497 e. The van der Waals surface area contributed by atoms with E-state index in [1.807, 2.05) is 65.6 Å². The molecule has 0 unspecified atom stereocenters. The van der Waals surface area contributed by atoms with Crippen molar-refractivity contribution in [3.8, 4) is 17.2 Å². The zero-order valence-electron chi connectivity index (χ0n) is 13.9. The molecule has 0 aliphatic carbocycles. The average molecular weight is 323 g/mol. The second kappa shape index (κ2) is 7.66. The molecule has 0 atom stereocenters. The standard InChI is InChI=1S/C19H21N3O2/c1-23-18-9-8-16(19(10-18)24-2)13-20-11-15-12-21-22(14-15)17-6-4-3-5-7-17/h3-10,12,14,20H,11,13H2,1-2H3. The number of methoxy groups -OCH3 is 2. The van der Waals surface area contributed by atoms with E-state index in [2.05, 4.69) is 10.4 Å². The molecule has 124 valence electrons. The SMILES string of the molecule is COc1ccc(CNCc2cnn(-c3ccccc3)c2)c(OC)c1. The van der Waals surface area contributed by atoms with Gasteiger partial charge in [-0.25, -0.2) is 4.68 Å². The van der Waals surface area contributed by atoms with Gasteiger partial charge in [-0.2, -0.15) is 5.10 Å². The minimum Gasteiger partial charge on any atom is -0.497 e. The lowest BCUT2D eigenvalue weighted by Crippen LogP contribution is -2.13. The number of rotatable bonds is 7. The fourth-order valence-electron chi connectivity index (χ4n) is 2.51. The van der Waals surface area contributed by atoms with Crippen molar-refractivity contribution in [3.05, 3.63) is 72.1 Å². The molecule has 24 heavy (non-hydrogen) atoms. The molecule has 5 nitrogen and oxygen atoms in total. The highest BCUT2D eigenvalue weighted by atomic mass is 16.5. The minimum atomic E-state index is 0.712. The summed E-state index contributed by atoms with van der Waals surface area (Å²) in [5.41, 5.74) is 3.28. The molecule has 0 aliphatic heterocycles. The summed E-state index contributed by atoms with van der Waals surface area (Å²) in [6.07, 6.45) is 3.92. The fraction of sp³-hybridized carbons (Fsp3) is 0.211. The van der Waals surface area contributed by atoms with E-state index in [0.717, 1.165) is 34.9 Å². The number of benzene rings is 2. The Morgan fingerprint density at radius 2 is 1.83 bits per heavy atom. The first-order valence-electron chi connectivity index (χ1n) is 7.81. The smallest absolute Gasteiger partial charge is 0.127 e. The molecule has 0 saturated carbocycles. The van der Waals surface area contributed by atoms with E-state index < -0.39 is 0 Å². The number of hydrogen-bond donors (Lipinski definition) is 1. The fourth-order valence-corrected chi connectivity index (χ4v) is 2.51. The predicted molar refractivity (Wildman–Crippen MR) is 93.7 cm³/mol. The van der Waals surface area contributed by atoms with Gasteiger partial charge in [0.05, 0.1) is 26.1 Å². The van der Waals surface area contributed by atoms with E-state index in [1.165, 1.54) is 0 Å². The third kappa shape index (κ3) is 3.75. The van der Waals surface area contributed by atoms with Crippen LogP contribution in [0.2, 0.25) is 0 Å². The summed E-state index contributed by atoms with van der Waals surface area (Å²) in [5, 5.41) is 7.82. The van der Waals surface area contributed by atoms with Gasteiger partial charge in [-0.3, -0.25) is 0 Å². The summed E-state index contributed by atoms with van der Waals surface area (Å²) in [7, 11) is 3.32. The Kier molecular flexibility index (Phi) is 5.13. The highest BCUT2D eigenvalue weighted by Crippen LogP contribution is 2.24. The molecule has 5 heteroatoms. The van der Waals surface area contributed by atoms with Crippen LogP contribution in [-0.4, -0.2) is 24.0 Å². The van der Waals surface area contributed by atoms with Gasteiger partial charge in [-0.15, -0.1) is 0 Å². The summed E-state index contributed by atoms with van der Waals surface area (Å²) in [6, 6.07) is 15.9. The first-order valence-corrected chi connectivity index (χ1v) is 7.81. The van der Waals surface area contributed by atoms with Crippen LogP contribution in [0.3, 0.4) is 0 Å². The van der Waals surface area contributed by atoms with Crippen molar-refractivity contribution in [2.75, 3.05) is 14.2 Å². The van der Waals surface area contributed by atoms with Crippen LogP contribution in [0.15, 0.2) is 60.9 Å². The number of nitrogens with zero attached hydrogens (tertiary/aromatic N) is 2. The molecule has 3 rings (SSSR count). The van der Waals surface area contributed by atoms with Crippen molar-refractivity contribution in [2.24, 2.45) is 0 Å². The lowest BCUT2D eigenvalue weighted by Gasteiger charge is -2.11. The van der Waals surface area contributed by atoms with Gasteiger partial charge in [-0.1, -0.05) is 24.3 Å². The lowest BCUT2D eigenvalue weighted by atomic mass is 10.2. The maximum Gasteiger partial charge on any atom is 0.127 e. The van der Waals surface area contributed by atoms with Crippen molar-refractivity contribution >= 4 is 0 Å². The first-order chi connectivity index (χ1) is 11.8. The molecule has 1 N–H and O–H groups in total. The molecule has 3 aromatic rings. The Morgan fingerprint density at radius 3 is 2.58 bits per heavy atom. The van der Waals surface area contributed by atoms with Crippen molar-refractivity contribution in [1.82, 2.24) is 15.1 Å². The lowest BCUT2D eigenvalue weighted by molar-refractivity contribution is 0.390. The van der Waals surface area contributed by atoms with Gasteiger partial charge in [0.2, 0.25) is 0 Å². The molecule has 0 radical (unpaired) electrons. The van der Waals surface area contributed by atoms with E-state index in [9.17, 15) is 0 Å². The molecule has 1 heterocycles. The van der Waals surface area contributed by atoms with Crippen LogP contribution < -0.4 is 14.8 Å². The summed E-state index contributed by atoms with van der Waals surface area (Å²) in [6.45, 7) is 1.45. The van der Waals surface area contributed by atoms with E-state index >= 15 is 0 Å². The highest BCUT2D eigenvalue weighted by Gasteiger charge is 2.05. The summed E-state index contributed by atoms with van der Waals surface area (Å²) in [4.78, 5) is 0. The van der Waals surface area contributed by atoms with Crippen molar-refractivity contribution in [3.63, 3.8) is 0 Å². The molecule has 0 amide bonds. The number of para-hydroxylation sites is 1. The zero-order valence-corrected chi connectivity index (χ0v) is 13.9. The summed E-state index contributed by atoms with van der Waals surface area (Å²) < 4.78 is 12.5. The topological polar surface area (TPSA) is 48.3 Å². The third-order valence-electron chi connectivity index (χ3n) is 3.80. The number of nitrogens with one attached hydrogen (secondary N) is 1. The molecule has 0 saturated heterocycles. The molecule has 0 fully saturated rings. The van der Waals surface area contributed by atoms with E-state index in [1.54, 1.807) is 14.2 Å². The van der Waals surface area contributed by atoms with Crippen molar-refractivity contribution < 1.29 is 9.47 Å². The average Bonchev–Trinajstić information content (AvgIpc) is 3.11. The second-order valence-corrected chi connectivity index (χ2v) is 5.41. The molecular weight excluding hydrogens is 302 g/mol. The third-order valence-corrected chi connectivity index (χ3v) is 3.80. The van der Waals surface area contributed by atoms with Gasteiger partial charge in [0.15, 0.2) is 0 Å². The van der Waals surface area contributed by atoms with Crippen LogP contribution in [0.4, 0.5) is 0 Å². The highest BCUT2D eigenvalue weighted by molar-refractivity contribution is 5.40. The normalized spacial score (nSPS) is 10.6. The number of hydrogen-bond acceptors (Lipinski definition) is 4. The van der Waals surface area contributed by atoms with Crippen LogP contribution in [0.5, 0.6) is 11.5 Å². The van der Waals surface area contributed by atoms with Gasteiger partial charge in [0.1, 0.15) is 11.5 Å². The molecule has 0 aliphatic rings. The molecule has 0 bridgehead atoms. The molecular formula is C19H21N3O2.